The minimum absolute atomic E-state index is 0.838. The van der Waals surface area contributed by atoms with Gasteiger partial charge in [-0.3, -0.25) is 5.10 Å². The second kappa shape index (κ2) is 10.7. The molecule has 0 saturated heterocycles. The number of aromatic amines is 1. The average Bonchev–Trinajstić information content (AvgIpc) is 2.85. The number of H-pyrrole nitrogens is 1. The fourth-order valence-electron chi connectivity index (χ4n) is 2.07. The molecule has 0 aliphatic rings. The minimum atomic E-state index is 0.838. The maximum atomic E-state index is 4.33. The zero-order chi connectivity index (χ0) is 15.5. The van der Waals surface area contributed by atoms with Crippen LogP contribution in [0.1, 0.15) is 24.2 Å². The predicted octanol–water partition coefficient (Wildman–Crippen LogP) is 0.492. The standard InChI is InChI=1S/C15H32N6/c1-20(2)9-5-7-16-12-14-11-15(19-18-14)13-17-8-6-10-21(3)4/h11,16-17H,5-10,12-13H2,1-4H3,(H,18,19). The van der Waals surface area contributed by atoms with Crippen molar-refractivity contribution in [1.29, 1.82) is 0 Å². The van der Waals surface area contributed by atoms with Gasteiger partial charge in [0.15, 0.2) is 0 Å². The maximum Gasteiger partial charge on any atom is 0.0763 e. The van der Waals surface area contributed by atoms with Gasteiger partial charge in [0.1, 0.15) is 0 Å². The van der Waals surface area contributed by atoms with Crippen LogP contribution in [-0.4, -0.2) is 74.4 Å². The topological polar surface area (TPSA) is 59.2 Å². The van der Waals surface area contributed by atoms with Gasteiger partial charge in [-0.25, -0.2) is 0 Å². The minimum Gasteiger partial charge on any atom is -0.311 e. The van der Waals surface area contributed by atoms with Gasteiger partial charge in [-0.2, -0.15) is 5.10 Å². The second-order valence-electron chi connectivity index (χ2n) is 6.05. The number of hydrogen-bond acceptors (Lipinski definition) is 5. The molecule has 1 aromatic heterocycles. The molecule has 0 aromatic carbocycles. The molecular formula is C15H32N6. The summed E-state index contributed by atoms with van der Waals surface area (Å²) in [6.07, 6.45) is 2.33. The highest BCUT2D eigenvalue weighted by Crippen LogP contribution is 1.99. The van der Waals surface area contributed by atoms with E-state index in [1.165, 1.54) is 6.42 Å². The van der Waals surface area contributed by atoms with E-state index in [4.69, 9.17) is 0 Å². The third kappa shape index (κ3) is 9.57. The van der Waals surface area contributed by atoms with Crippen molar-refractivity contribution in [3.63, 3.8) is 0 Å². The summed E-state index contributed by atoms with van der Waals surface area (Å²) in [6.45, 7) is 6.01. The molecule has 0 unspecified atom stereocenters. The van der Waals surface area contributed by atoms with Gasteiger partial charge < -0.3 is 20.4 Å². The van der Waals surface area contributed by atoms with Crippen molar-refractivity contribution < 1.29 is 0 Å². The Morgan fingerprint density at radius 3 is 2.10 bits per heavy atom. The number of rotatable bonds is 12. The highest BCUT2D eigenvalue weighted by Gasteiger charge is 2.01. The molecule has 0 aliphatic carbocycles. The van der Waals surface area contributed by atoms with Crippen LogP contribution in [0.15, 0.2) is 6.07 Å². The fourth-order valence-corrected chi connectivity index (χ4v) is 2.07. The van der Waals surface area contributed by atoms with Gasteiger partial charge >= 0.3 is 0 Å². The molecule has 0 aliphatic heterocycles. The smallest absolute Gasteiger partial charge is 0.0763 e. The first-order valence-electron chi connectivity index (χ1n) is 7.82. The van der Waals surface area contributed by atoms with Crippen LogP contribution in [0.5, 0.6) is 0 Å². The van der Waals surface area contributed by atoms with Crippen molar-refractivity contribution >= 4 is 0 Å². The quantitative estimate of drug-likeness (QED) is 0.490. The first-order valence-corrected chi connectivity index (χ1v) is 7.82. The van der Waals surface area contributed by atoms with Crippen LogP contribution >= 0.6 is 0 Å². The van der Waals surface area contributed by atoms with Gasteiger partial charge in [0, 0.05) is 18.8 Å². The van der Waals surface area contributed by atoms with Crippen LogP contribution in [0, 0.1) is 0 Å². The number of nitrogens with one attached hydrogen (secondary N) is 3. The van der Waals surface area contributed by atoms with Crippen molar-refractivity contribution in [3.8, 4) is 0 Å². The molecule has 0 radical (unpaired) electrons. The lowest BCUT2D eigenvalue weighted by Gasteiger charge is -2.09. The lowest BCUT2D eigenvalue weighted by molar-refractivity contribution is 0.394. The van der Waals surface area contributed by atoms with Crippen molar-refractivity contribution in [2.45, 2.75) is 25.9 Å². The molecule has 0 amide bonds. The maximum absolute atomic E-state index is 4.33. The molecule has 21 heavy (non-hydrogen) atoms. The molecule has 1 aromatic rings. The van der Waals surface area contributed by atoms with E-state index in [0.717, 1.165) is 57.1 Å². The zero-order valence-corrected chi connectivity index (χ0v) is 14.1. The fraction of sp³-hybridized carbons (Fsp3) is 0.800. The molecule has 122 valence electrons. The molecular weight excluding hydrogens is 264 g/mol. The molecule has 0 fully saturated rings. The molecule has 1 rings (SSSR count). The van der Waals surface area contributed by atoms with Crippen LogP contribution in [0.2, 0.25) is 0 Å². The largest absolute Gasteiger partial charge is 0.311 e. The number of hydrogen-bond donors (Lipinski definition) is 3. The van der Waals surface area contributed by atoms with E-state index in [2.05, 4.69) is 64.9 Å². The predicted molar refractivity (Wildman–Crippen MR) is 88.3 cm³/mol. The normalized spacial score (nSPS) is 11.7. The summed E-state index contributed by atoms with van der Waals surface area (Å²) >= 11 is 0. The van der Waals surface area contributed by atoms with E-state index in [9.17, 15) is 0 Å². The summed E-state index contributed by atoms with van der Waals surface area (Å²) < 4.78 is 0. The van der Waals surface area contributed by atoms with E-state index < -0.39 is 0 Å². The Morgan fingerprint density at radius 1 is 0.952 bits per heavy atom. The first-order chi connectivity index (χ1) is 10.1. The highest BCUT2D eigenvalue weighted by atomic mass is 15.1. The Labute approximate surface area is 129 Å². The third-order valence-electron chi connectivity index (χ3n) is 3.22. The van der Waals surface area contributed by atoms with Crippen molar-refractivity contribution in [1.82, 2.24) is 30.6 Å². The van der Waals surface area contributed by atoms with Crippen LogP contribution in [0.3, 0.4) is 0 Å². The van der Waals surface area contributed by atoms with Gasteiger partial charge in [-0.1, -0.05) is 0 Å². The Balaban J connectivity index is 2.07. The first kappa shape index (κ1) is 18.1. The van der Waals surface area contributed by atoms with Gasteiger partial charge in [0.25, 0.3) is 0 Å². The van der Waals surface area contributed by atoms with Crippen LogP contribution in [-0.2, 0) is 13.1 Å². The highest BCUT2D eigenvalue weighted by molar-refractivity contribution is 5.08. The van der Waals surface area contributed by atoms with Crippen molar-refractivity contribution in [3.05, 3.63) is 17.5 Å². The van der Waals surface area contributed by atoms with E-state index in [-0.39, 0.29) is 0 Å². The van der Waals surface area contributed by atoms with Gasteiger partial charge in [0.2, 0.25) is 0 Å². The molecule has 0 bridgehead atoms. The van der Waals surface area contributed by atoms with Gasteiger partial charge in [0.05, 0.1) is 5.69 Å². The van der Waals surface area contributed by atoms with E-state index >= 15 is 0 Å². The molecule has 0 atom stereocenters. The summed E-state index contributed by atoms with van der Waals surface area (Å²) in [7, 11) is 8.41. The Morgan fingerprint density at radius 2 is 1.52 bits per heavy atom. The van der Waals surface area contributed by atoms with Crippen LogP contribution in [0.4, 0.5) is 0 Å². The van der Waals surface area contributed by atoms with Crippen molar-refractivity contribution in [2.24, 2.45) is 0 Å². The summed E-state index contributed by atoms with van der Waals surface area (Å²) in [5.74, 6) is 0. The second-order valence-corrected chi connectivity index (χ2v) is 6.05. The van der Waals surface area contributed by atoms with E-state index in [1.807, 2.05) is 0 Å². The lowest BCUT2D eigenvalue weighted by Crippen LogP contribution is -2.21. The lowest BCUT2D eigenvalue weighted by atomic mass is 10.3. The Hall–Kier alpha value is -0.950. The zero-order valence-electron chi connectivity index (χ0n) is 14.1. The molecule has 6 heteroatoms. The van der Waals surface area contributed by atoms with Crippen LogP contribution < -0.4 is 10.6 Å². The van der Waals surface area contributed by atoms with Crippen molar-refractivity contribution in [2.75, 3.05) is 54.4 Å². The summed E-state index contributed by atoms with van der Waals surface area (Å²) in [5.41, 5.74) is 2.25. The monoisotopic (exact) mass is 296 g/mol. The average molecular weight is 296 g/mol. The Bertz CT molecular complexity index is 328. The van der Waals surface area contributed by atoms with E-state index in [0.29, 0.717) is 0 Å². The van der Waals surface area contributed by atoms with E-state index in [1.54, 1.807) is 0 Å². The van der Waals surface area contributed by atoms with Gasteiger partial charge in [-0.05, 0) is 73.3 Å². The summed E-state index contributed by atoms with van der Waals surface area (Å²) in [4.78, 5) is 4.41. The third-order valence-corrected chi connectivity index (χ3v) is 3.22. The molecule has 1 heterocycles. The number of aromatic nitrogens is 2. The summed E-state index contributed by atoms with van der Waals surface area (Å²) in [6, 6.07) is 2.14. The summed E-state index contributed by atoms with van der Waals surface area (Å²) in [5, 5.41) is 14.3. The van der Waals surface area contributed by atoms with Gasteiger partial charge in [-0.15, -0.1) is 0 Å². The molecule has 0 saturated carbocycles. The number of nitrogens with zero attached hydrogens (tertiary/aromatic N) is 3. The molecule has 3 N–H and O–H groups in total. The molecule has 0 spiro atoms. The SMILES string of the molecule is CN(C)CCCNCc1cc(CNCCCN(C)C)[nH]n1. The van der Waals surface area contributed by atoms with Crippen LogP contribution in [0.25, 0.3) is 0 Å². The molecule has 6 nitrogen and oxygen atoms in total. The Kier molecular flexibility index (Phi) is 9.25.